The van der Waals surface area contributed by atoms with E-state index in [0.29, 0.717) is 11.1 Å². The Morgan fingerprint density at radius 3 is 2.20 bits per heavy atom. The number of rotatable bonds is 3. The molecule has 7 heteroatoms. The first-order valence-electron chi connectivity index (χ1n) is 9.23. The summed E-state index contributed by atoms with van der Waals surface area (Å²) in [4.78, 5) is 0.0331. The molecule has 1 aliphatic heterocycles. The van der Waals surface area contributed by atoms with Crippen LogP contribution in [0.4, 0.5) is 18.9 Å². The Labute approximate surface area is 173 Å². The molecule has 0 atom stereocenters. The lowest BCUT2D eigenvalue weighted by atomic mass is 9.97. The normalized spacial score (nSPS) is 14.3. The number of fused-ring (bicyclic) bond motifs is 1. The van der Waals surface area contributed by atoms with E-state index in [-0.39, 0.29) is 17.1 Å². The van der Waals surface area contributed by atoms with Gasteiger partial charge >= 0.3 is 6.18 Å². The van der Waals surface area contributed by atoms with E-state index < -0.39 is 21.8 Å². The third kappa shape index (κ3) is 3.73. The smallest absolute Gasteiger partial charge is 0.261 e. The summed E-state index contributed by atoms with van der Waals surface area (Å²) < 4.78 is 67.8. The minimum atomic E-state index is -4.57. The van der Waals surface area contributed by atoms with Gasteiger partial charge in [0, 0.05) is 0 Å². The molecule has 154 valence electrons. The number of anilines is 1. The van der Waals surface area contributed by atoms with Gasteiger partial charge in [-0.3, -0.25) is 4.31 Å². The molecule has 3 aromatic carbocycles. The van der Waals surface area contributed by atoms with E-state index in [4.69, 9.17) is 0 Å². The highest BCUT2D eigenvalue weighted by molar-refractivity contribution is 7.92. The van der Waals surface area contributed by atoms with Crippen LogP contribution in [0, 0.1) is 6.92 Å². The second-order valence-corrected chi connectivity index (χ2v) is 8.99. The number of alkyl halides is 3. The van der Waals surface area contributed by atoms with Gasteiger partial charge in [-0.1, -0.05) is 54.1 Å². The molecule has 3 nitrogen and oxygen atoms in total. The van der Waals surface area contributed by atoms with E-state index in [1.54, 1.807) is 18.2 Å². The first-order valence-corrected chi connectivity index (χ1v) is 10.7. The lowest BCUT2D eigenvalue weighted by Gasteiger charge is -2.31. The standard InChI is InChI=1S/C23H18F3NO2S/c1-16-7-11-21(12-8-16)30(28,29)27-15-19(17-5-3-2-4-6-17)13-18-9-10-20(14-22(18)27)23(24,25)26/h2-14H,15H2,1H3. The second-order valence-electron chi connectivity index (χ2n) is 7.13. The Hall–Kier alpha value is -3.06. The van der Waals surface area contributed by atoms with Crippen molar-refractivity contribution in [2.45, 2.75) is 18.0 Å². The van der Waals surface area contributed by atoms with Gasteiger partial charge in [0.25, 0.3) is 10.0 Å². The second kappa shape index (κ2) is 7.32. The average Bonchev–Trinajstić information content (AvgIpc) is 2.73. The largest absolute Gasteiger partial charge is 0.416 e. The maximum absolute atomic E-state index is 13.4. The quantitative estimate of drug-likeness (QED) is 0.531. The van der Waals surface area contributed by atoms with Gasteiger partial charge in [0.2, 0.25) is 0 Å². The number of aryl methyl sites for hydroxylation is 1. The Morgan fingerprint density at radius 2 is 1.57 bits per heavy atom. The van der Waals surface area contributed by atoms with Crippen LogP contribution in [0.25, 0.3) is 11.6 Å². The van der Waals surface area contributed by atoms with Crippen molar-refractivity contribution in [1.82, 2.24) is 0 Å². The molecular formula is C23H18F3NO2S. The molecular weight excluding hydrogens is 411 g/mol. The molecule has 0 fully saturated rings. The molecule has 3 aromatic rings. The number of sulfonamides is 1. The molecule has 4 rings (SSSR count). The predicted molar refractivity (Wildman–Crippen MR) is 111 cm³/mol. The lowest BCUT2D eigenvalue weighted by Crippen LogP contribution is -2.35. The summed E-state index contributed by atoms with van der Waals surface area (Å²) in [6.45, 7) is 1.77. The zero-order valence-electron chi connectivity index (χ0n) is 16.0. The number of halogens is 3. The summed E-state index contributed by atoms with van der Waals surface area (Å²) in [5.74, 6) is 0. The van der Waals surface area contributed by atoms with Crippen molar-refractivity contribution in [2.24, 2.45) is 0 Å². The zero-order valence-corrected chi connectivity index (χ0v) is 16.8. The van der Waals surface area contributed by atoms with Crippen molar-refractivity contribution in [2.75, 3.05) is 10.8 Å². The Balaban J connectivity index is 1.90. The topological polar surface area (TPSA) is 37.4 Å². The molecule has 0 saturated heterocycles. The van der Waals surface area contributed by atoms with Gasteiger partial charge in [-0.25, -0.2) is 8.42 Å². The van der Waals surface area contributed by atoms with Gasteiger partial charge in [0.15, 0.2) is 0 Å². The molecule has 0 amide bonds. The van der Waals surface area contributed by atoms with E-state index in [1.807, 2.05) is 37.3 Å². The highest BCUT2D eigenvalue weighted by Crippen LogP contribution is 2.40. The molecule has 0 N–H and O–H groups in total. The summed E-state index contributed by atoms with van der Waals surface area (Å²) in [5, 5.41) is 0. The summed E-state index contributed by atoms with van der Waals surface area (Å²) in [6.07, 6.45) is -2.83. The highest BCUT2D eigenvalue weighted by atomic mass is 32.2. The average molecular weight is 429 g/mol. The summed E-state index contributed by atoms with van der Waals surface area (Å²) in [6, 6.07) is 18.7. The number of hydrogen-bond acceptors (Lipinski definition) is 2. The molecule has 0 radical (unpaired) electrons. The van der Waals surface area contributed by atoms with Gasteiger partial charge in [0.1, 0.15) is 0 Å². The molecule has 1 aliphatic rings. The van der Waals surface area contributed by atoms with Crippen molar-refractivity contribution in [3.63, 3.8) is 0 Å². The van der Waals surface area contributed by atoms with E-state index in [2.05, 4.69) is 0 Å². The van der Waals surface area contributed by atoms with Crippen molar-refractivity contribution in [1.29, 1.82) is 0 Å². The summed E-state index contributed by atoms with van der Waals surface area (Å²) in [5.41, 5.74) is 1.96. The van der Waals surface area contributed by atoms with Crippen LogP contribution in [0.1, 0.15) is 22.3 Å². The van der Waals surface area contributed by atoms with Crippen LogP contribution in [0.2, 0.25) is 0 Å². The first kappa shape index (κ1) is 20.2. The van der Waals surface area contributed by atoms with Crippen molar-refractivity contribution >= 4 is 27.4 Å². The maximum atomic E-state index is 13.4. The van der Waals surface area contributed by atoms with Crippen LogP contribution < -0.4 is 4.31 Å². The molecule has 30 heavy (non-hydrogen) atoms. The van der Waals surface area contributed by atoms with Crippen molar-refractivity contribution in [3.8, 4) is 0 Å². The summed E-state index contributed by atoms with van der Waals surface area (Å²) in [7, 11) is -4.07. The van der Waals surface area contributed by atoms with Crippen molar-refractivity contribution < 1.29 is 21.6 Å². The Bertz CT molecular complexity index is 1220. The monoisotopic (exact) mass is 429 g/mol. The van der Waals surface area contributed by atoms with Crippen molar-refractivity contribution in [3.05, 3.63) is 95.1 Å². The predicted octanol–water partition coefficient (Wildman–Crippen LogP) is 5.76. The van der Waals surface area contributed by atoms with Gasteiger partial charge in [-0.15, -0.1) is 0 Å². The third-order valence-corrected chi connectivity index (χ3v) is 6.80. The van der Waals surface area contributed by atoms with Crippen LogP contribution in [0.15, 0.2) is 77.7 Å². The maximum Gasteiger partial charge on any atom is 0.416 e. The molecule has 0 saturated carbocycles. The first-order chi connectivity index (χ1) is 14.2. The molecule has 1 heterocycles. The molecule has 0 aliphatic carbocycles. The van der Waals surface area contributed by atoms with Crippen LogP contribution >= 0.6 is 0 Å². The van der Waals surface area contributed by atoms with Crippen LogP contribution in [-0.4, -0.2) is 15.0 Å². The molecule has 0 unspecified atom stereocenters. The summed E-state index contributed by atoms with van der Waals surface area (Å²) >= 11 is 0. The Morgan fingerprint density at radius 1 is 0.900 bits per heavy atom. The number of benzene rings is 3. The minimum Gasteiger partial charge on any atom is -0.261 e. The van der Waals surface area contributed by atoms with Crippen LogP contribution in [0.5, 0.6) is 0 Å². The molecule has 0 spiro atoms. The van der Waals surface area contributed by atoms with E-state index in [9.17, 15) is 21.6 Å². The fourth-order valence-electron chi connectivity index (χ4n) is 3.41. The fraction of sp³-hybridized carbons (Fsp3) is 0.130. The van der Waals surface area contributed by atoms with E-state index in [1.165, 1.54) is 18.2 Å². The molecule has 0 bridgehead atoms. The zero-order chi connectivity index (χ0) is 21.5. The highest BCUT2D eigenvalue weighted by Gasteiger charge is 2.35. The molecule has 0 aromatic heterocycles. The van der Waals surface area contributed by atoms with Gasteiger partial charge in [-0.05, 0) is 54.0 Å². The Kier molecular flexibility index (Phi) is 4.94. The number of nitrogens with zero attached hydrogens (tertiary/aromatic N) is 1. The van der Waals surface area contributed by atoms with Crippen LogP contribution in [0.3, 0.4) is 0 Å². The van der Waals surface area contributed by atoms with Gasteiger partial charge < -0.3 is 0 Å². The van der Waals surface area contributed by atoms with Crippen LogP contribution in [-0.2, 0) is 16.2 Å². The third-order valence-electron chi connectivity index (χ3n) is 5.02. The fourth-order valence-corrected chi connectivity index (χ4v) is 4.87. The van der Waals surface area contributed by atoms with Gasteiger partial charge in [0.05, 0.1) is 22.7 Å². The van der Waals surface area contributed by atoms with E-state index >= 15 is 0 Å². The van der Waals surface area contributed by atoms with E-state index in [0.717, 1.165) is 27.6 Å². The lowest BCUT2D eigenvalue weighted by molar-refractivity contribution is -0.137. The number of hydrogen-bond donors (Lipinski definition) is 0. The van der Waals surface area contributed by atoms with Gasteiger partial charge in [-0.2, -0.15) is 13.2 Å². The minimum absolute atomic E-state index is 0.0186. The SMILES string of the molecule is Cc1ccc(S(=O)(=O)N2CC(c3ccccc3)=Cc3ccc(C(F)(F)F)cc32)cc1.